The summed E-state index contributed by atoms with van der Waals surface area (Å²) in [6, 6.07) is 9.94. The van der Waals surface area contributed by atoms with Gasteiger partial charge in [0, 0.05) is 6.42 Å². The Bertz CT molecular complexity index is 476. The molecule has 1 aromatic rings. The number of esters is 1. The summed E-state index contributed by atoms with van der Waals surface area (Å²) in [4.78, 5) is 11.8. The highest BCUT2D eigenvalue weighted by Gasteiger charge is 2.39. The van der Waals surface area contributed by atoms with Crippen LogP contribution < -0.4 is 0 Å². The van der Waals surface area contributed by atoms with E-state index < -0.39 is 5.60 Å². The van der Waals surface area contributed by atoms with Gasteiger partial charge in [-0.05, 0) is 26.3 Å². The maximum atomic E-state index is 11.8. The average Bonchev–Trinajstić information content (AvgIpc) is 2.68. The molecule has 0 aliphatic carbocycles. The van der Waals surface area contributed by atoms with Crippen LogP contribution in [0.3, 0.4) is 0 Å². The highest BCUT2D eigenvalue weighted by Crippen LogP contribution is 2.41. The molecule has 3 heteroatoms. The Morgan fingerprint density at radius 3 is 2.67 bits per heavy atom. The lowest BCUT2D eigenvalue weighted by atomic mass is 9.90. The molecule has 3 nitrogen and oxygen atoms in total. The Morgan fingerprint density at radius 2 is 2.06 bits per heavy atom. The fourth-order valence-corrected chi connectivity index (χ4v) is 2.28. The van der Waals surface area contributed by atoms with Gasteiger partial charge in [0.05, 0.1) is 12.2 Å². The lowest BCUT2D eigenvalue weighted by molar-refractivity contribution is -0.138. The molecule has 0 aromatic heterocycles. The van der Waals surface area contributed by atoms with Gasteiger partial charge in [-0.25, -0.2) is 4.79 Å². The molecule has 0 radical (unpaired) electrons. The van der Waals surface area contributed by atoms with Gasteiger partial charge in [-0.1, -0.05) is 30.3 Å². The minimum absolute atomic E-state index is 0.269. The van der Waals surface area contributed by atoms with E-state index >= 15 is 0 Å². The smallest absolute Gasteiger partial charge is 0.337 e. The van der Waals surface area contributed by atoms with Crippen molar-refractivity contribution in [1.29, 1.82) is 0 Å². The molecule has 2 rings (SSSR count). The predicted octanol–water partition coefficient (Wildman–Crippen LogP) is 3.16. The summed E-state index contributed by atoms with van der Waals surface area (Å²) >= 11 is 0. The van der Waals surface area contributed by atoms with Crippen molar-refractivity contribution >= 4 is 5.97 Å². The molecule has 0 fully saturated rings. The van der Waals surface area contributed by atoms with Crippen LogP contribution in [0.25, 0.3) is 0 Å². The molecular formula is C15H18O3. The highest BCUT2D eigenvalue weighted by atomic mass is 16.5. The van der Waals surface area contributed by atoms with E-state index in [1.807, 2.05) is 44.2 Å². The van der Waals surface area contributed by atoms with Crippen molar-refractivity contribution in [1.82, 2.24) is 0 Å². The van der Waals surface area contributed by atoms with Crippen molar-refractivity contribution in [3.8, 4) is 0 Å². The number of allylic oxidation sites excluding steroid dienone is 1. The number of rotatable bonds is 3. The summed E-state index contributed by atoms with van der Waals surface area (Å²) in [6.07, 6.45) is 0.557. The average molecular weight is 246 g/mol. The standard InChI is InChI=1S/C15H18O3/c1-4-17-14(16)13-10-15(3,18-11(13)2)12-8-6-5-7-9-12/h5-9H,4,10H2,1-3H3. The Hall–Kier alpha value is -1.77. The molecule has 18 heavy (non-hydrogen) atoms. The van der Waals surface area contributed by atoms with Gasteiger partial charge in [0.25, 0.3) is 0 Å². The SMILES string of the molecule is CCOC(=O)C1=C(C)OC(C)(c2ccccc2)C1. The summed E-state index contributed by atoms with van der Waals surface area (Å²) in [5.74, 6) is 0.398. The van der Waals surface area contributed by atoms with Gasteiger partial charge >= 0.3 is 5.97 Å². The van der Waals surface area contributed by atoms with Gasteiger partial charge in [0.15, 0.2) is 0 Å². The third-order valence-corrected chi connectivity index (χ3v) is 3.22. The molecular weight excluding hydrogens is 228 g/mol. The number of carbonyl (C=O) groups excluding carboxylic acids is 1. The molecule has 1 atom stereocenters. The summed E-state index contributed by atoms with van der Waals surface area (Å²) in [7, 11) is 0. The third kappa shape index (κ3) is 2.26. The largest absolute Gasteiger partial charge is 0.487 e. The van der Waals surface area contributed by atoms with E-state index in [-0.39, 0.29) is 5.97 Å². The molecule has 0 saturated carbocycles. The van der Waals surface area contributed by atoms with Gasteiger partial charge in [-0.2, -0.15) is 0 Å². The molecule has 0 amide bonds. The molecule has 1 aliphatic heterocycles. The maximum absolute atomic E-state index is 11.8. The van der Waals surface area contributed by atoms with Crippen LogP contribution >= 0.6 is 0 Å². The number of hydrogen-bond acceptors (Lipinski definition) is 3. The first kappa shape index (κ1) is 12.7. The van der Waals surface area contributed by atoms with E-state index in [0.717, 1.165) is 5.56 Å². The van der Waals surface area contributed by atoms with E-state index in [2.05, 4.69) is 0 Å². The van der Waals surface area contributed by atoms with Crippen LogP contribution in [-0.2, 0) is 19.9 Å². The van der Waals surface area contributed by atoms with E-state index in [9.17, 15) is 4.79 Å². The van der Waals surface area contributed by atoms with Gasteiger partial charge in [-0.3, -0.25) is 0 Å². The summed E-state index contributed by atoms with van der Waals surface area (Å²) in [5.41, 5.74) is 1.25. The second-order valence-corrected chi connectivity index (χ2v) is 4.63. The van der Waals surface area contributed by atoms with E-state index in [1.165, 1.54) is 0 Å². The number of ether oxygens (including phenoxy) is 2. The van der Waals surface area contributed by atoms with Crippen molar-refractivity contribution < 1.29 is 14.3 Å². The van der Waals surface area contributed by atoms with Crippen molar-refractivity contribution in [2.45, 2.75) is 32.8 Å². The van der Waals surface area contributed by atoms with Crippen molar-refractivity contribution in [3.05, 3.63) is 47.2 Å². The van der Waals surface area contributed by atoms with Crippen LogP contribution in [0.5, 0.6) is 0 Å². The van der Waals surface area contributed by atoms with Crippen molar-refractivity contribution in [2.75, 3.05) is 6.61 Å². The van der Waals surface area contributed by atoms with Gasteiger partial charge in [0.1, 0.15) is 11.4 Å². The zero-order valence-electron chi connectivity index (χ0n) is 11.0. The van der Waals surface area contributed by atoms with Crippen LogP contribution in [0.2, 0.25) is 0 Å². The lowest BCUT2D eigenvalue weighted by Gasteiger charge is -2.25. The topological polar surface area (TPSA) is 35.5 Å². The minimum atomic E-state index is -0.465. The molecule has 1 aliphatic rings. The monoisotopic (exact) mass is 246 g/mol. The van der Waals surface area contributed by atoms with Gasteiger partial charge in [0.2, 0.25) is 0 Å². The normalized spacial score (nSPS) is 22.8. The molecule has 96 valence electrons. The Balaban J connectivity index is 2.21. The fourth-order valence-electron chi connectivity index (χ4n) is 2.28. The van der Waals surface area contributed by atoms with Crippen LogP contribution in [0.4, 0.5) is 0 Å². The van der Waals surface area contributed by atoms with Crippen LogP contribution in [0, 0.1) is 0 Å². The molecule has 0 saturated heterocycles. The summed E-state index contributed by atoms with van der Waals surface area (Å²) in [5, 5.41) is 0. The molecule has 1 unspecified atom stereocenters. The second kappa shape index (κ2) is 4.84. The molecule has 1 heterocycles. The van der Waals surface area contributed by atoms with E-state index in [4.69, 9.17) is 9.47 Å². The first-order valence-electron chi connectivity index (χ1n) is 6.18. The number of benzene rings is 1. The van der Waals surface area contributed by atoms with Gasteiger partial charge < -0.3 is 9.47 Å². The van der Waals surface area contributed by atoms with Crippen molar-refractivity contribution in [2.24, 2.45) is 0 Å². The van der Waals surface area contributed by atoms with Gasteiger partial charge in [-0.15, -0.1) is 0 Å². The fraction of sp³-hybridized carbons (Fsp3) is 0.400. The Labute approximate surface area is 107 Å². The minimum Gasteiger partial charge on any atom is -0.487 e. The first-order chi connectivity index (χ1) is 8.57. The zero-order valence-corrected chi connectivity index (χ0v) is 11.0. The maximum Gasteiger partial charge on any atom is 0.337 e. The lowest BCUT2D eigenvalue weighted by Crippen LogP contribution is -2.21. The number of carbonyl (C=O) groups is 1. The molecule has 0 spiro atoms. The summed E-state index contributed by atoms with van der Waals surface area (Å²) in [6.45, 7) is 6.01. The molecule has 0 bridgehead atoms. The second-order valence-electron chi connectivity index (χ2n) is 4.63. The van der Waals surface area contributed by atoms with Crippen LogP contribution in [0.15, 0.2) is 41.7 Å². The first-order valence-corrected chi connectivity index (χ1v) is 6.18. The molecule has 0 N–H and O–H groups in total. The predicted molar refractivity (Wildman–Crippen MR) is 68.8 cm³/mol. The Kier molecular flexibility index (Phi) is 3.41. The van der Waals surface area contributed by atoms with Crippen LogP contribution in [0.1, 0.15) is 32.8 Å². The highest BCUT2D eigenvalue weighted by molar-refractivity contribution is 5.89. The van der Waals surface area contributed by atoms with Crippen molar-refractivity contribution in [3.63, 3.8) is 0 Å². The quantitative estimate of drug-likeness (QED) is 0.768. The molecule has 1 aromatic carbocycles. The zero-order chi connectivity index (χ0) is 13.2. The van der Waals surface area contributed by atoms with E-state index in [0.29, 0.717) is 24.4 Å². The van der Waals surface area contributed by atoms with E-state index in [1.54, 1.807) is 6.92 Å². The van der Waals surface area contributed by atoms with Crippen LogP contribution in [-0.4, -0.2) is 12.6 Å². The third-order valence-electron chi connectivity index (χ3n) is 3.22. The number of hydrogen-bond donors (Lipinski definition) is 0. The summed E-state index contributed by atoms with van der Waals surface area (Å²) < 4.78 is 10.9. The Morgan fingerprint density at radius 1 is 1.39 bits per heavy atom.